The maximum absolute atomic E-state index is 5.41. The summed E-state index contributed by atoms with van der Waals surface area (Å²) in [5.74, 6) is 0.979. The van der Waals surface area contributed by atoms with Gasteiger partial charge >= 0.3 is 0 Å². The third kappa shape index (κ3) is 5.69. The van der Waals surface area contributed by atoms with Gasteiger partial charge in [-0.3, -0.25) is 4.90 Å². The Bertz CT molecular complexity index is 654. The molecule has 1 fully saturated rings. The molecule has 3 nitrogen and oxygen atoms in total. The fraction of sp³-hybridized carbons (Fsp3) is 0.429. The van der Waals surface area contributed by atoms with E-state index >= 15 is 0 Å². The third-order valence-electron chi connectivity index (χ3n) is 4.90. The monoisotopic (exact) mass is 450 g/mol. The molecule has 0 saturated carbocycles. The number of methoxy groups -OCH3 is 1. The lowest BCUT2D eigenvalue weighted by molar-refractivity contribution is 0.191. The standard InChI is InChI=1S/C21H27IN2O/c1-25-21-15-17(7-8-20(21)22)9-12-23-19-10-13-24(14-11-19)16-18-5-3-2-4-6-18/h2-8,15,19,23H,9-14,16H2,1H3. The van der Waals surface area contributed by atoms with Crippen LogP contribution >= 0.6 is 22.6 Å². The number of ether oxygens (including phenoxy) is 1. The summed E-state index contributed by atoms with van der Waals surface area (Å²) in [7, 11) is 1.74. The molecule has 134 valence electrons. The average molecular weight is 450 g/mol. The van der Waals surface area contributed by atoms with E-state index in [0.29, 0.717) is 6.04 Å². The number of nitrogens with zero attached hydrogens (tertiary/aromatic N) is 1. The SMILES string of the molecule is COc1cc(CCNC2CCN(Cc3ccccc3)CC2)ccc1I. The zero-order valence-electron chi connectivity index (χ0n) is 14.9. The lowest BCUT2D eigenvalue weighted by Gasteiger charge is -2.32. The van der Waals surface area contributed by atoms with Crippen LogP contribution in [0.2, 0.25) is 0 Å². The Morgan fingerprint density at radius 1 is 1.08 bits per heavy atom. The van der Waals surface area contributed by atoms with Gasteiger partial charge in [-0.1, -0.05) is 36.4 Å². The molecule has 1 N–H and O–H groups in total. The molecule has 2 aromatic carbocycles. The van der Waals surface area contributed by atoms with Crippen molar-refractivity contribution in [3.8, 4) is 5.75 Å². The normalized spacial score (nSPS) is 16.1. The third-order valence-corrected chi connectivity index (χ3v) is 5.79. The number of likely N-dealkylation sites (tertiary alicyclic amines) is 1. The van der Waals surface area contributed by atoms with Gasteiger partial charge in [-0.25, -0.2) is 0 Å². The summed E-state index contributed by atoms with van der Waals surface area (Å²) < 4.78 is 6.58. The molecular formula is C21H27IN2O. The highest BCUT2D eigenvalue weighted by Gasteiger charge is 2.18. The summed E-state index contributed by atoms with van der Waals surface area (Å²) in [5.41, 5.74) is 2.76. The second-order valence-corrected chi connectivity index (χ2v) is 7.87. The van der Waals surface area contributed by atoms with Crippen molar-refractivity contribution in [3.05, 3.63) is 63.2 Å². The van der Waals surface area contributed by atoms with Gasteiger partial charge in [-0.15, -0.1) is 0 Å². The summed E-state index contributed by atoms with van der Waals surface area (Å²) in [6.07, 6.45) is 3.53. The number of hydrogen-bond acceptors (Lipinski definition) is 3. The summed E-state index contributed by atoms with van der Waals surface area (Å²) in [6, 6.07) is 17.9. The van der Waals surface area contributed by atoms with Gasteiger partial charge in [-0.05, 0) is 84.7 Å². The first-order chi connectivity index (χ1) is 12.2. The van der Waals surface area contributed by atoms with Crippen LogP contribution in [-0.4, -0.2) is 37.7 Å². The van der Waals surface area contributed by atoms with Crippen LogP contribution in [-0.2, 0) is 13.0 Å². The lowest BCUT2D eigenvalue weighted by atomic mass is 10.0. The number of piperidine rings is 1. The predicted octanol–water partition coefficient (Wildman–Crippen LogP) is 4.10. The van der Waals surface area contributed by atoms with Gasteiger partial charge < -0.3 is 10.1 Å². The Hall–Kier alpha value is -1.11. The molecule has 1 saturated heterocycles. The molecule has 1 heterocycles. The van der Waals surface area contributed by atoms with Crippen LogP contribution in [0.25, 0.3) is 0 Å². The minimum atomic E-state index is 0.651. The van der Waals surface area contributed by atoms with Gasteiger partial charge in [0.2, 0.25) is 0 Å². The molecule has 0 aliphatic carbocycles. The van der Waals surface area contributed by atoms with Gasteiger partial charge in [0.05, 0.1) is 10.7 Å². The van der Waals surface area contributed by atoms with Gasteiger partial charge in [0.15, 0.2) is 0 Å². The fourth-order valence-corrected chi connectivity index (χ4v) is 3.97. The van der Waals surface area contributed by atoms with E-state index < -0.39 is 0 Å². The molecule has 1 aliphatic heterocycles. The Balaban J connectivity index is 1.38. The molecule has 0 aromatic heterocycles. The highest BCUT2D eigenvalue weighted by Crippen LogP contribution is 2.22. The van der Waals surface area contributed by atoms with Crippen LogP contribution in [0, 0.1) is 3.57 Å². The van der Waals surface area contributed by atoms with E-state index in [4.69, 9.17) is 4.74 Å². The Morgan fingerprint density at radius 2 is 1.84 bits per heavy atom. The first-order valence-corrected chi connectivity index (χ1v) is 10.1. The average Bonchev–Trinajstić information content (AvgIpc) is 2.65. The van der Waals surface area contributed by atoms with E-state index in [0.717, 1.165) is 25.3 Å². The van der Waals surface area contributed by atoms with E-state index in [1.807, 2.05) is 0 Å². The topological polar surface area (TPSA) is 24.5 Å². The predicted molar refractivity (Wildman–Crippen MR) is 112 cm³/mol. The lowest BCUT2D eigenvalue weighted by Crippen LogP contribution is -2.42. The summed E-state index contributed by atoms with van der Waals surface area (Å²) in [6.45, 7) is 4.48. The Kier molecular flexibility index (Phi) is 7.13. The first kappa shape index (κ1) is 18.7. The largest absolute Gasteiger partial charge is 0.496 e. The van der Waals surface area contributed by atoms with E-state index in [1.165, 1.54) is 40.6 Å². The minimum absolute atomic E-state index is 0.651. The van der Waals surface area contributed by atoms with Crippen LogP contribution in [0.15, 0.2) is 48.5 Å². The van der Waals surface area contributed by atoms with E-state index in [9.17, 15) is 0 Å². The molecule has 0 spiro atoms. The van der Waals surface area contributed by atoms with Crippen molar-refractivity contribution in [3.63, 3.8) is 0 Å². The van der Waals surface area contributed by atoms with Crippen molar-refractivity contribution in [2.75, 3.05) is 26.7 Å². The van der Waals surface area contributed by atoms with Crippen LogP contribution in [0.4, 0.5) is 0 Å². The molecule has 0 atom stereocenters. The van der Waals surface area contributed by atoms with Crippen molar-refractivity contribution in [1.29, 1.82) is 0 Å². The van der Waals surface area contributed by atoms with Crippen LogP contribution in [0.5, 0.6) is 5.75 Å². The molecule has 4 heteroatoms. The van der Waals surface area contributed by atoms with Crippen molar-refractivity contribution in [1.82, 2.24) is 10.2 Å². The Morgan fingerprint density at radius 3 is 2.56 bits per heavy atom. The van der Waals surface area contributed by atoms with E-state index in [1.54, 1.807) is 7.11 Å². The van der Waals surface area contributed by atoms with Crippen LogP contribution in [0.1, 0.15) is 24.0 Å². The van der Waals surface area contributed by atoms with Crippen molar-refractivity contribution >= 4 is 22.6 Å². The second kappa shape index (κ2) is 9.55. The summed E-state index contributed by atoms with van der Waals surface area (Å²) in [5, 5.41) is 3.74. The molecule has 0 unspecified atom stereocenters. The molecule has 2 aromatic rings. The highest BCUT2D eigenvalue weighted by atomic mass is 127. The smallest absolute Gasteiger partial charge is 0.132 e. The molecule has 25 heavy (non-hydrogen) atoms. The maximum Gasteiger partial charge on any atom is 0.132 e. The van der Waals surface area contributed by atoms with E-state index in [2.05, 4.69) is 81.3 Å². The number of benzene rings is 2. The quantitative estimate of drug-likeness (QED) is 0.644. The van der Waals surface area contributed by atoms with Crippen molar-refractivity contribution in [2.45, 2.75) is 31.8 Å². The molecule has 0 radical (unpaired) electrons. The highest BCUT2D eigenvalue weighted by molar-refractivity contribution is 14.1. The molecule has 1 aliphatic rings. The van der Waals surface area contributed by atoms with Crippen molar-refractivity contribution < 1.29 is 4.74 Å². The Labute approximate surface area is 164 Å². The van der Waals surface area contributed by atoms with Crippen LogP contribution < -0.4 is 10.1 Å². The number of rotatable bonds is 7. The molecule has 0 amide bonds. The fourth-order valence-electron chi connectivity index (χ4n) is 3.42. The molecule has 3 rings (SSSR count). The van der Waals surface area contributed by atoms with Crippen molar-refractivity contribution in [2.24, 2.45) is 0 Å². The zero-order chi connectivity index (χ0) is 17.5. The van der Waals surface area contributed by atoms with Gasteiger partial charge in [0.25, 0.3) is 0 Å². The molecule has 0 bridgehead atoms. The first-order valence-electron chi connectivity index (χ1n) is 9.06. The van der Waals surface area contributed by atoms with E-state index in [-0.39, 0.29) is 0 Å². The van der Waals surface area contributed by atoms with Gasteiger partial charge in [0.1, 0.15) is 5.75 Å². The van der Waals surface area contributed by atoms with Gasteiger partial charge in [0, 0.05) is 12.6 Å². The summed E-state index contributed by atoms with van der Waals surface area (Å²) in [4.78, 5) is 2.57. The van der Waals surface area contributed by atoms with Crippen LogP contribution in [0.3, 0.4) is 0 Å². The maximum atomic E-state index is 5.41. The molecular weight excluding hydrogens is 423 g/mol. The number of halogens is 1. The van der Waals surface area contributed by atoms with Gasteiger partial charge in [-0.2, -0.15) is 0 Å². The summed E-state index contributed by atoms with van der Waals surface area (Å²) >= 11 is 2.31. The number of nitrogens with one attached hydrogen (secondary N) is 1. The second-order valence-electron chi connectivity index (χ2n) is 6.71. The number of hydrogen-bond donors (Lipinski definition) is 1. The zero-order valence-corrected chi connectivity index (χ0v) is 17.0. The minimum Gasteiger partial charge on any atom is -0.496 e.